The van der Waals surface area contributed by atoms with Crippen molar-refractivity contribution in [3.8, 4) is 22.9 Å². The number of hydrogen-bond donors (Lipinski definition) is 1. The molecular weight excluding hydrogens is 424 g/mol. The van der Waals surface area contributed by atoms with Crippen molar-refractivity contribution in [1.82, 2.24) is 14.8 Å². The van der Waals surface area contributed by atoms with E-state index >= 15 is 0 Å². The van der Waals surface area contributed by atoms with Crippen LogP contribution in [0, 0.1) is 0 Å². The number of carbonyl (C=O) groups excluding carboxylic acids is 1. The Bertz CT molecular complexity index is 1050. The van der Waals surface area contributed by atoms with Gasteiger partial charge in [0, 0.05) is 11.6 Å². The number of aromatic nitrogens is 3. The molecule has 0 aliphatic heterocycles. The predicted molar refractivity (Wildman–Crippen MR) is 126 cm³/mol. The fraction of sp³-hybridized carbons (Fsp3) is 0.375. The van der Waals surface area contributed by atoms with Crippen LogP contribution in [-0.2, 0) is 4.79 Å². The van der Waals surface area contributed by atoms with E-state index in [0.29, 0.717) is 17.5 Å². The lowest BCUT2D eigenvalue weighted by molar-refractivity contribution is -0.113. The van der Waals surface area contributed by atoms with E-state index in [1.54, 1.807) is 14.2 Å². The van der Waals surface area contributed by atoms with Crippen LogP contribution >= 0.6 is 11.8 Å². The number of ether oxygens (including phenoxy) is 2. The van der Waals surface area contributed by atoms with Crippen molar-refractivity contribution in [2.45, 2.75) is 43.3 Å². The largest absolute Gasteiger partial charge is 0.497 e. The summed E-state index contributed by atoms with van der Waals surface area (Å²) in [5.41, 5.74) is 1.66. The maximum Gasteiger partial charge on any atom is 0.234 e. The van der Waals surface area contributed by atoms with Crippen molar-refractivity contribution in [3.63, 3.8) is 0 Å². The molecule has 1 aliphatic carbocycles. The number of amides is 1. The summed E-state index contributed by atoms with van der Waals surface area (Å²) in [6.07, 6.45) is 5.86. The van der Waals surface area contributed by atoms with E-state index in [4.69, 9.17) is 9.47 Å². The number of para-hydroxylation sites is 2. The smallest absolute Gasteiger partial charge is 0.234 e. The van der Waals surface area contributed by atoms with E-state index in [9.17, 15) is 4.79 Å². The zero-order valence-corrected chi connectivity index (χ0v) is 19.2. The maximum absolute atomic E-state index is 12.6. The van der Waals surface area contributed by atoms with Gasteiger partial charge >= 0.3 is 0 Å². The Kier molecular flexibility index (Phi) is 7.32. The summed E-state index contributed by atoms with van der Waals surface area (Å²) in [7, 11) is 3.25. The van der Waals surface area contributed by atoms with Gasteiger partial charge in [-0.25, -0.2) is 0 Å². The molecule has 0 saturated heterocycles. The molecule has 168 valence electrons. The quantitative estimate of drug-likeness (QED) is 0.474. The second kappa shape index (κ2) is 10.5. The van der Waals surface area contributed by atoms with Crippen molar-refractivity contribution in [2.24, 2.45) is 0 Å². The van der Waals surface area contributed by atoms with Crippen LogP contribution in [0.4, 0.5) is 5.69 Å². The second-order valence-corrected chi connectivity index (χ2v) is 8.68. The molecule has 1 heterocycles. The maximum atomic E-state index is 12.6. The monoisotopic (exact) mass is 452 g/mol. The third kappa shape index (κ3) is 5.07. The highest BCUT2D eigenvalue weighted by Gasteiger charge is 2.24. The van der Waals surface area contributed by atoms with E-state index in [-0.39, 0.29) is 11.7 Å². The summed E-state index contributed by atoms with van der Waals surface area (Å²) in [6, 6.07) is 15.6. The van der Waals surface area contributed by atoms with Crippen molar-refractivity contribution in [3.05, 3.63) is 48.5 Å². The summed E-state index contributed by atoms with van der Waals surface area (Å²) in [5, 5.41) is 12.7. The van der Waals surface area contributed by atoms with E-state index in [0.717, 1.165) is 35.1 Å². The molecule has 1 saturated carbocycles. The van der Waals surface area contributed by atoms with Crippen LogP contribution < -0.4 is 14.8 Å². The first-order chi connectivity index (χ1) is 15.7. The van der Waals surface area contributed by atoms with Crippen LogP contribution in [0.25, 0.3) is 11.4 Å². The standard InChI is InChI=1S/C24H28N4O3S/c1-30-19-14-12-17(13-15-19)23-26-27-24(28(23)18-8-4-3-5-9-18)32-16-22(29)25-20-10-6-7-11-21(20)31-2/h6-7,10-15,18H,3-5,8-9,16H2,1-2H3,(H,25,29). The summed E-state index contributed by atoms with van der Waals surface area (Å²) in [6.45, 7) is 0. The first-order valence-electron chi connectivity index (χ1n) is 10.8. The van der Waals surface area contributed by atoms with Crippen molar-refractivity contribution < 1.29 is 14.3 Å². The van der Waals surface area contributed by atoms with Crippen molar-refractivity contribution in [2.75, 3.05) is 25.3 Å². The molecule has 1 fully saturated rings. The number of nitrogens with one attached hydrogen (secondary N) is 1. The molecule has 32 heavy (non-hydrogen) atoms. The van der Waals surface area contributed by atoms with Crippen LogP contribution in [0.2, 0.25) is 0 Å². The Morgan fingerprint density at radius 1 is 1.03 bits per heavy atom. The zero-order valence-electron chi connectivity index (χ0n) is 18.4. The van der Waals surface area contributed by atoms with E-state index in [1.165, 1.54) is 31.0 Å². The molecule has 4 rings (SSSR count). The number of carbonyl (C=O) groups is 1. The SMILES string of the molecule is COc1ccc(-c2nnc(SCC(=O)Nc3ccccc3OC)n2C2CCCCC2)cc1. The molecule has 1 amide bonds. The van der Waals surface area contributed by atoms with E-state index in [1.807, 2.05) is 48.5 Å². The lowest BCUT2D eigenvalue weighted by Gasteiger charge is -2.25. The fourth-order valence-corrected chi connectivity index (χ4v) is 4.85. The van der Waals surface area contributed by atoms with Gasteiger partial charge in [-0.05, 0) is 49.2 Å². The van der Waals surface area contributed by atoms with E-state index in [2.05, 4.69) is 20.1 Å². The van der Waals surface area contributed by atoms with Gasteiger partial charge in [-0.3, -0.25) is 9.36 Å². The van der Waals surface area contributed by atoms with Gasteiger partial charge in [0.15, 0.2) is 11.0 Å². The molecule has 3 aromatic rings. The number of thioether (sulfide) groups is 1. The molecule has 0 unspecified atom stereocenters. The molecule has 8 heteroatoms. The Hall–Kier alpha value is -3.00. The molecule has 0 atom stereocenters. The van der Waals surface area contributed by atoms with Gasteiger partial charge in [-0.15, -0.1) is 10.2 Å². The summed E-state index contributed by atoms with van der Waals surface area (Å²) in [4.78, 5) is 12.6. The first-order valence-corrected chi connectivity index (χ1v) is 11.8. The van der Waals surface area contributed by atoms with Gasteiger partial charge in [0.05, 0.1) is 25.7 Å². The molecule has 0 radical (unpaired) electrons. The van der Waals surface area contributed by atoms with Gasteiger partial charge < -0.3 is 14.8 Å². The number of hydrogen-bond acceptors (Lipinski definition) is 6. The molecule has 1 aliphatic rings. The van der Waals surface area contributed by atoms with Gasteiger partial charge in [-0.2, -0.15) is 0 Å². The minimum absolute atomic E-state index is 0.108. The highest BCUT2D eigenvalue weighted by Crippen LogP contribution is 2.36. The van der Waals surface area contributed by atoms with Crippen molar-refractivity contribution >= 4 is 23.4 Å². The zero-order chi connectivity index (χ0) is 22.3. The summed E-state index contributed by atoms with van der Waals surface area (Å²) in [5.74, 6) is 2.42. The van der Waals surface area contributed by atoms with Crippen LogP contribution in [-0.4, -0.2) is 40.6 Å². The number of nitrogens with zero attached hydrogens (tertiary/aromatic N) is 3. The predicted octanol–water partition coefficient (Wildman–Crippen LogP) is 5.20. The summed E-state index contributed by atoms with van der Waals surface area (Å²) >= 11 is 1.42. The van der Waals surface area contributed by atoms with Crippen LogP contribution in [0.3, 0.4) is 0 Å². The van der Waals surface area contributed by atoms with Crippen LogP contribution in [0.1, 0.15) is 38.1 Å². The number of anilines is 1. The molecular formula is C24H28N4O3S. The second-order valence-electron chi connectivity index (χ2n) is 7.73. The third-order valence-corrected chi connectivity index (χ3v) is 6.61. The molecule has 1 N–H and O–H groups in total. The average molecular weight is 453 g/mol. The number of methoxy groups -OCH3 is 2. The number of rotatable bonds is 8. The van der Waals surface area contributed by atoms with Crippen LogP contribution in [0.15, 0.2) is 53.7 Å². The minimum Gasteiger partial charge on any atom is -0.497 e. The molecule has 7 nitrogen and oxygen atoms in total. The normalized spacial score (nSPS) is 14.2. The molecule has 1 aromatic heterocycles. The third-order valence-electron chi connectivity index (χ3n) is 5.67. The van der Waals surface area contributed by atoms with Gasteiger partial charge in [-0.1, -0.05) is 43.2 Å². The first kappa shape index (κ1) is 22.2. The average Bonchev–Trinajstić information content (AvgIpc) is 3.27. The lowest BCUT2D eigenvalue weighted by atomic mass is 9.95. The number of benzene rings is 2. The van der Waals surface area contributed by atoms with Crippen molar-refractivity contribution in [1.29, 1.82) is 0 Å². The molecule has 0 spiro atoms. The Morgan fingerprint density at radius 2 is 1.78 bits per heavy atom. The highest BCUT2D eigenvalue weighted by molar-refractivity contribution is 7.99. The Morgan fingerprint density at radius 3 is 2.50 bits per heavy atom. The van der Waals surface area contributed by atoms with Gasteiger partial charge in [0.1, 0.15) is 11.5 Å². The highest BCUT2D eigenvalue weighted by atomic mass is 32.2. The molecule has 2 aromatic carbocycles. The van der Waals surface area contributed by atoms with Gasteiger partial charge in [0.2, 0.25) is 5.91 Å². The Labute approximate surface area is 192 Å². The fourth-order valence-electron chi connectivity index (χ4n) is 4.05. The minimum atomic E-state index is -0.108. The molecule has 0 bridgehead atoms. The Balaban J connectivity index is 1.53. The van der Waals surface area contributed by atoms with Gasteiger partial charge in [0.25, 0.3) is 0 Å². The summed E-state index contributed by atoms with van der Waals surface area (Å²) < 4.78 is 12.8. The van der Waals surface area contributed by atoms with Crippen LogP contribution in [0.5, 0.6) is 11.5 Å². The topological polar surface area (TPSA) is 78.3 Å². The van der Waals surface area contributed by atoms with E-state index < -0.39 is 0 Å². The lowest BCUT2D eigenvalue weighted by Crippen LogP contribution is -2.17.